The summed E-state index contributed by atoms with van der Waals surface area (Å²) in [4.78, 5) is 9.01. The van der Waals surface area contributed by atoms with Gasteiger partial charge in [-0.2, -0.15) is 0 Å². The Morgan fingerprint density at radius 3 is 1.28 bits per heavy atom. The van der Waals surface area contributed by atoms with Gasteiger partial charge in [-0.1, -0.05) is 87.8 Å². The second-order valence-electron chi connectivity index (χ2n) is 10.4. The molecule has 32 heavy (non-hydrogen) atoms. The fourth-order valence-corrected chi connectivity index (χ4v) is 5.87. The highest BCUT2D eigenvalue weighted by molar-refractivity contribution is 6.89. The van der Waals surface area contributed by atoms with Gasteiger partial charge in [-0.05, 0) is 24.0 Å². The summed E-state index contributed by atoms with van der Waals surface area (Å²) in [5.74, 6) is 0.670. The summed E-state index contributed by atoms with van der Waals surface area (Å²) in [5, 5.41) is 23.8. The van der Waals surface area contributed by atoms with Crippen LogP contribution >= 0.6 is 0 Å². The molecule has 0 aliphatic carbocycles. The van der Waals surface area contributed by atoms with E-state index in [0.29, 0.717) is 24.6 Å². The SMILES string of the molecule is CCc1cc([Si](C)(C)C)cc(C=NCCN=Cc2cc([Si](C)(C)C)cc(CC)c2O)c1O. The Labute approximate surface area is 196 Å². The summed E-state index contributed by atoms with van der Waals surface area (Å²) in [7, 11) is -2.96. The van der Waals surface area contributed by atoms with Crippen LogP contribution in [-0.4, -0.2) is 51.9 Å². The summed E-state index contributed by atoms with van der Waals surface area (Å²) in [5.41, 5.74) is 3.54. The fourth-order valence-electron chi connectivity index (χ4n) is 3.48. The van der Waals surface area contributed by atoms with Crippen LogP contribution in [0.2, 0.25) is 39.3 Å². The van der Waals surface area contributed by atoms with Gasteiger partial charge in [0.1, 0.15) is 11.5 Å². The molecule has 6 heteroatoms. The van der Waals surface area contributed by atoms with Gasteiger partial charge in [-0.15, -0.1) is 0 Å². The highest BCUT2D eigenvalue weighted by Gasteiger charge is 2.20. The molecule has 0 aliphatic rings. The van der Waals surface area contributed by atoms with Gasteiger partial charge in [0.25, 0.3) is 0 Å². The molecule has 2 aromatic rings. The average Bonchev–Trinajstić information content (AvgIpc) is 2.70. The predicted octanol–water partition coefficient (Wildman–Crippen LogP) is 4.85. The molecule has 4 nitrogen and oxygen atoms in total. The maximum atomic E-state index is 10.6. The van der Waals surface area contributed by atoms with Gasteiger partial charge in [0.2, 0.25) is 0 Å². The third kappa shape index (κ3) is 6.66. The molecule has 0 bridgehead atoms. The van der Waals surface area contributed by atoms with Gasteiger partial charge >= 0.3 is 0 Å². The number of phenols is 2. The number of aryl methyl sites for hydroxylation is 2. The molecule has 0 aliphatic heterocycles. The van der Waals surface area contributed by atoms with Crippen molar-refractivity contribution in [1.82, 2.24) is 0 Å². The van der Waals surface area contributed by atoms with Gasteiger partial charge in [0.05, 0.1) is 29.2 Å². The van der Waals surface area contributed by atoms with Crippen molar-refractivity contribution in [2.45, 2.75) is 66.0 Å². The molecular weight excluding hydrogens is 428 g/mol. The van der Waals surface area contributed by atoms with Crippen LogP contribution in [-0.2, 0) is 12.8 Å². The fraction of sp³-hybridized carbons (Fsp3) is 0.462. The smallest absolute Gasteiger partial charge is 0.127 e. The first-order valence-corrected chi connectivity index (χ1v) is 18.6. The van der Waals surface area contributed by atoms with E-state index < -0.39 is 16.1 Å². The minimum Gasteiger partial charge on any atom is -0.507 e. The lowest BCUT2D eigenvalue weighted by atomic mass is 10.1. The van der Waals surface area contributed by atoms with Crippen molar-refractivity contribution in [3.63, 3.8) is 0 Å². The van der Waals surface area contributed by atoms with Gasteiger partial charge in [-0.25, -0.2) is 0 Å². The summed E-state index contributed by atoms with van der Waals surface area (Å²) in [6.07, 6.45) is 5.14. The normalized spacial score (nSPS) is 12.9. The lowest BCUT2D eigenvalue weighted by Crippen LogP contribution is -2.38. The maximum Gasteiger partial charge on any atom is 0.127 e. The van der Waals surface area contributed by atoms with Crippen LogP contribution in [0.25, 0.3) is 0 Å². The zero-order chi connectivity index (χ0) is 24.1. The van der Waals surface area contributed by atoms with E-state index in [9.17, 15) is 10.2 Å². The van der Waals surface area contributed by atoms with E-state index >= 15 is 0 Å². The predicted molar refractivity (Wildman–Crippen MR) is 146 cm³/mol. The third-order valence-corrected chi connectivity index (χ3v) is 9.79. The minimum absolute atomic E-state index is 0.335. The Bertz CT molecular complexity index is 919. The molecule has 0 atom stereocenters. The van der Waals surface area contributed by atoms with E-state index in [1.165, 1.54) is 10.4 Å². The Balaban J connectivity index is 2.14. The standard InChI is InChI=1S/C26H40N2O2Si2/c1-9-19-13-23(31(3,4)5)15-21(25(19)29)17-27-11-12-28-18-22-16-24(32(6,7)8)14-20(10-2)26(22)30/h13-18,29-30H,9-12H2,1-8H3. The Morgan fingerprint density at radius 2 is 1.00 bits per heavy atom. The highest BCUT2D eigenvalue weighted by atomic mass is 28.3. The molecule has 2 aromatic carbocycles. The van der Waals surface area contributed by atoms with Crippen LogP contribution in [0.15, 0.2) is 34.3 Å². The van der Waals surface area contributed by atoms with Gasteiger partial charge in [0.15, 0.2) is 0 Å². The van der Waals surface area contributed by atoms with E-state index in [-0.39, 0.29) is 0 Å². The molecule has 0 aromatic heterocycles. The highest BCUT2D eigenvalue weighted by Crippen LogP contribution is 2.23. The summed E-state index contributed by atoms with van der Waals surface area (Å²) < 4.78 is 0. The first-order chi connectivity index (χ1) is 14.9. The molecule has 0 amide bonds. The number of rotatable bonds is 9. The Kier molecular flexibility index (Phi) is 8.65. The molecule has 0 spiro atoms. The quantitative estimate of drug-likeness (QED) is 0.314. The number of hydrogen-bond donors (Lipinski definition) is 2. The first kappa shape index (κ1) is 26.1. The molecule has 0 saturated heterocycles. The Hall–Kier alpha value is -2.19. The zero-order valence-electron chi connectivity index (χ0n) is 21.1. The van der Waals surface area contributed by atoms with Crippen molar-refractivity contribution in [2.24, 2.45) is 9.98 Å². The monoisotopic (exact) mass is 468 g/mol. The van der Waals surface area contributed by atoms with E-state index in [1.54, 1.807) is 12.4 Å². The van der Waals surface area contributed by atoms with Crippen molar-refractivity contribution < 1.29 is 10.2 Å². The molecular formula is C26H40N2O2Si2. The second kappa shape index (κ2) is 10.6. The average molecular weight is 469 g/mol. The van der Waals surface area contributed by atoms with E-state index in [1.807, 2.05) is 0 Å². The number of aliphatic imine (C=N–C) groups is 2. The van der Waals surface area contributed by atoms with Crippen LogP contribution < -0.4 is 10.4 Å². The number of benzene rings is 2. The molecule has 2 rings (SSSR count). The zero-order valence-corrected chi connectivity index (χ0v) is 23.1. The molecule has 0 saturated carbocycles. The largest absolute Gasteiger partial charge is 0.507 e. The van der Waals surface area contributed by atoms with Gasteiger partial charge in [-0.3, -0.25) is 9.98 Å². The van der Waals surface area contributed by atoms with Gasteiger partial charge in [0, 0.05) is 23.6 Å². The second-order valence-corrected chi connectivity index (χ2v) is 20.6. The summed E-state index contributed by atoms with van der Waals surface area (Å²) in [6.45, 7) is 19.1. The molecule has 0 unspecified atom stereocenters. The number of nitrogens with zero attached hydrogens (tertiary/aromatic N) is 2. The topological polar surface area (TPSA) is 65.2 Å². The van der Waals surface area contributed by atoms with Crippen molar-refractivity contribution >= 4 is 39.0 Å². The maximum absolute atomic E-state index is 10.6. The van der Waals surface area contributed by atoms with E-state index in [0.717, 1.165) is 35.1 Å². The van der Waals surface area contributed by atoms with E-state index in [2.05, 4.69) is 87.4 Å². The summed E-state index contributed by atoms with van der Waals surface area (Å²) >= 11 is 0. The van der Waals surface area contributed by atoms with Crippen LogP contribution in [0.4, 0.5) is 0 Å². The molecule has 0 fully saturated rings. The summed E-state index contributed by atoms with van der Waals surface area (Å²) in [6, 6.07) is 8.46. The van der Waals surface area contributed by atoms with Crippen LogP contribution in [0.3, 0.4) is 0 Å². The molecule has 2 N–H and O–H groups in total. The molecule has 0 heterocycles. The van der Waals surface area contributed by atoms with Crippen LogP contribution in [0.1, 0.15) is 36.1 Å². The van der Waals surface area contributed by atoms with Crippen LogP contribution in [0, 0.1) is 0 Å². The minimum atomic E-state index is -1.48. The molecule has 0 radical (unpaired) electrons. The number of aromatic hydroxyl groups is 2. The van der Waals surface area contributed by atoms with Crippen LogP contribution in [0.5, 0.6) is 11.5 Å². The Morgan fingerprint density at radius 1 is 0.656 bits per heavy atom. The lowest BCUT2D eigenvalue weighted by molar-refractivity contribution is 0.467. The first-order valence-electron chi connectivity index (χ1n) is 11.6. The third-order valence-electron chi connectivity index (χ3n) is 5.75. The van der Waals surface area contributed by atoms with Crippen molar-refractivity contribution in [2.75, 3.05) is 13.1 Å². The number of hydrogen-bond acceptors (Lipinski definition) is 4. The molecule has 174 valence electrons. The van der Waals surface area contributed by atoms with Crippen molar-refractivity contribution in [3.05, 3.63) is 46.5 Å². The lowest BCUT2D eigenvalue weighted by Gasteiger charge is -2.19. The van der Waals surface area contributed by atoms with Gasteiger partial charge < -0.3 is 10.2 Å². The number of phenolic OH excluding ortho intramolecular Hbond substituents is 2. The van der Waals surface area contributed by atoms with Crippen molar-refractivity contribution in [3.8, 4) is 11.5 Å². The van der Waals surface area contributed by atoms with E-state index in [4.69, 9.17) is 0 Å². The van der Waals surface area contributed by atoms with Crippen molar-refractivity contribution in [1.29, 1.82) is 0 Å².